The van der Waals surface area contributed by atoms with E-state index in [1.165, 1.54) is 24.3 Å². The normalized spacial score (nSPS) is 23.1. The van der Waals surface area contributed by atoms with Crippen molar-refractivity contribution in [1.82, 2.24) is 4.90 Å². The summed E-state index contributed by atoms with van der Waals surface area (Å²) in [6, 6.07) is 5.40. The van der Waals surface area contributed by atoms with Crippen LogP contribution in [-0.4, -0.2) is 51.8 Å². The summed E-state index contributed by atoms with van der Waals surface area (Å²) < 4.78 is 37.3. The van der Waals surface area contributed by atoms with Crippen LogP contribution in [0.3, 0.4) is 0 Å². The fraction of sp³-hybridized carbons (Fsp3) is 0.417. The van der Waals surface area contributed by atoms with Crippen LogP contribution in [0, 0.1) is 0 Å². The van der Waals surface area contributed by atoms with Crippen molar-refractivity contribution < 1.29 is 28.2 Å². The van der Waals surface area contributed by atoms with Crippen molar-refractivity contribution >= 4 is 17.7 Å². The lowest BCUT2D eigenvalue weighted by Crippen LogP contribution is -2.30. The molecule has 1 aliphatic heterocycles. The maximum atomic E-state index is 12.4. The van der Waals surface area contributed by atoms with E-state index < -0.39 is 23.6 Å². The molecule has 1 aromatic carbocycles. The molecule has 0 spiro atoms. The van der Waals surface area contributed by atoms with Gasteiger partial charge >= 0.3 is 5.51 Å². The molecule has 20 heavy (non-hydrogen) atoms. The number of nitrogens with zero attached hydrogens (tertiary/aromatic N) is 1. The summed E-state index contributed by atoms with van der Waals surface area (Å²) in [4.78, 5) is 13.1. The number of aliphatic hydroxyl groups excluding tert-OH is 2. The highest BCUT2D eigenvalue weighted by Crippen LogP contribution is 2.38. The molecule has 1 amide bonds. The zero-order valence-corrected chi connectivity index (χ0v) is 11.0. The van der Waals surface area contributed by atoms with Gasteiger partial charge in [-0.1, -0.05) is 12.1 Å². The Morgan fingerprint density at radius 3 is 2.30 bits per heavy atom. The number of hydrogen-bond acceptors (Lipinski definition) is 4. The minimum absolute atomic E-state index is 0.0869. The zero-order chi connectivity index (χ0) is 14.9. The van der Waals surface area contributed by atoms with Gasteiger partial charge in [0.25, 0.3) is 5.91 Å². The predicted octanol–water partition coefficient (Wildman–Crippen LogP) is 1.48. The van der Waals surface area contributed by atoms with Gasteiger partial charge in [0.15, 0.2) is 0 Å². The van der Waals surface area contributed by atoms with Gasteiger partial charge in [0.2, 0.25) is 0 Å². The quantitative estimate of drug-likeness (QED) is 0.813. The summed E-state index contributed by atoms with van der Waals surface area (Å²) in [7, 11) is 0. The minimum atomic E-state index is -4.49. The molecular weight excluding hydrogens is 295 g/mol. The fourth-order valence-electron chi connectivity index (χ4n) is 1.96. The Bertz CT molecular complexity index is 499. The van der Waals surface area contributed by atoms with E-state index in [2.05, 4.69) is 0 Å². The fourth-order valence-corrected chi connectivity index (χ4v) is 2.62. The lowest BCUT2D eigenvalue weighted by molar-refractivity contribution is -0.0328. The first-order valence-electron chi connectivity index (χ1n) is 5.78. The maximum Gasteiger partial charge on any atom is 0.446 e. The number of carbonyl (C=O) groups is 1. The standard InChI is InChI=1S/C12H12F3NO3S/c13-12(14,15)20-10-4-2-1-3-7(10)11(19)16-5-8(17)9(18)6-16/h1-4,8-9,17-18H,5-6H2. The molecule has 1 saturated heterocycles. The Labute approximate surface area is 117 Å². The highest BCUT2D eigenvalue weighted by Gasteiger charge is 2.35. The topological polar surface area (TPSA) is 60.8 Å². The van der Waals surface area contributed by atoms with E-state index in [9.17, 15) is 28.2 Å². The highest BCUT2D eigenvalue weighted by molar-refractivity contribution is 8.00. The number of hydrogen-bond donors (Lipinski definition) is 2. The number of thioether (sulfide) groups is 1. The number of rotatable bonds is 2. The first-order valence-corrected chi connectivity index (χ1v) is 6.60. The number of halogens is 3. The average Bonchev–Trinajstić information content (AvgIpc) is 2.67. The minimum Gasteiger partial charge on any atom is -0.388 e. The third-order valence-electron chi connectivity index (χ3n) is 2.89. The third kappa shape index (κ3) is 3.44. The van der Waals surface area contributed by atoms with Crippen molar-refractivity contribution in [2.75, 3.05) is 13.1 Å². The molecule has 1 fully saturated rings. The second-order valence-corrected chi connectivity index (χ2v) is 5.50. The maximum absolute atomic E-state index is 12.4. The van der Waals surface area contributed by atoms with Gasteiger partial charge in [-0.2, -0.15) is 13.2 Å². The largest absolute Gasteiger partial charge is 0.446 e. The molecule has 0 saturated carbocycles. The van der Waals surface area contributed by atoms with Crippen molar-refractivity contribution in [2.24, 2.45) is 0 Å². The molecule has 8 heteroatoms. The van der Waals surface area contributed by atoms with E-state index in [-0.39, 0.29) is 35.3 Å². The number of carbonyl (C=O) groups excluding carboxylic acids is 1. The predicted molar refractivity (Wildman–Crippen MR) is 66.3 cm³/mol. The molecule has 2 atom stereocenters. The molecule has 0 aromatic heterocycles. The molecule has 2 rings (SSSR count). The number of alkyl halides is 3. The van der Waals surface area contributed by atoms with E-state index in [4.69, 9.17) is 0 Å². The highest BCUT2D eigenvalue weighted by atomic mass is 32.2. The van der Waals surface area contributed by atoms with Gasteiger partial charge in [0.05, 0.1) is 17.8 Å². The number of amides is 1. The smallest absolute Gasteiger partial charge is 0.388 e. The first-order chi connectivity index (χ1) is 9.28. The summed E-state index contributed by atoms with van der Waals surface area (Å²) in [5.41, 5.74) is -4.57. The van der Waals surface area contributed by atoms with E-state index in [0.29, 0.717) is 0 Å². The van der Waals surface area contributed by atoms with Gasteiger partial charge in [0, 0.05) is 18.0 Å². The van der Waals surface area contributed by atoms with E-state index >= 15 is 0 Å². The Morgan fingerprint density at radius 1 is 1.20 bits per heavy atom. The van der Waals surface area contributed by atoms with Gasteiger partial charge in [0.1, 0.15) is 0 Å². The van der Waals surface area contributed by atoms with Crippen LogP contribution in [-0.2, 0) is 0 Å². The number of β-amino-alcohol motifs (C(OH)–C–C–N with tert-alkyl or cyclic N) is 2. The molecule has 1 aliphatic rings. The summed E-state index contributed by atoms with van der Waals surface area (Å²) >= 11 is -0.356. The zero-order valence-electron chi connectivity index (χ0n) is 10.2. The lowest BCUT2D eigenvalue weighted by atomic mass is 10.2. The second-order valence-electron chi connectivity index (χ2n) is 4.39. The van der Waals surface area contributed by atoms with Crippen LogP contribution in [0.1, 0.15) is 10.4 Å². The molecule has 110 valence electrons. The van der Waals surface area contributed by atoms with Crippen molar-refractivity contribution in [2.45, 2.75) is 22.6 Å². The number of benzene rings is 1. The van der Waals surface area contributed by atoms with Crippen LogP contribution >= 0.6 is 11.8 Å². The number of aliphatic hydroxyl groups is 2. The Morgan fingerprint density at radius 2 is 1.75 bits per heavy atom. The Hall–Kier alpha value is -1.25. The summed E-state index contributed by atoms with van der Waals surface area (Å²) in [6.07, 6.45) is -2.14. The summed E-state index contributed by atoms with van der Waals surface area (Å²) in [6.45, 7) is -0.184. The van der Waals surface area contributed by atoms with Gasteiger partial charge in [-0.25, -0.2) is 0 Å². The van der Waals surface area contributed by atoms with Gasteiger partial charge < -0.3 is 15.1 Å². The molecule has 0 bridgehead atoms. The van der Waals surface area contributed by atoms with Gasteiger partial charge in [-0.3, -0.25) is 4.79 Å². The summed E-state index contributed by atoms with van der Waals surface area (Å²) in [5, 5.41) is 18.8. The van der Waals surface area contributed by atoms with E-state index in [1.54, 1.807) is 0 Å². The Kier molecular flexibility index (Phi) is 4.26. The second kappa shape index (κ2) is 5.63. The van der Waals surface area contributed by atoms with Gasteiger partial charge in [-0.05, 0) is 23.9 Å². The van der Waals surface area contributed by atoms with Crippen LogP contribution in [0.2, 0.25) is 0 Å². The number of likely N-dealkylation sites (tertiary alicyclic amines) is 1. The molecule has 2 unspecified atom stereocenters. The monoisotopic (exact) mass is 307 g/mol. The average molecular weight is 307 g/mol. The molecule has 1 aromatic rings. The van der Waals surface area contributed by atoms with Gasteiger partial charge in [-0.15, -0.1) is 0 Å². The van der Waals surface area contributed by atoms with E-state index in [1.807, 2.05) is 0 Å². The van der Waals surface area contributed by atoms with Crippen LogP contribution in [0.25, 0.3) is 0 Å². The summed E-state index contributed by atoms with van der Waals surface area (Å²) in [5.74, 6) is -0.632. The third-order valence-corrected chi connectivity index (χ3v) is 3.70. The van der Waals surface area contributed by atoms with Crippen molar-refractivity contribution in [3.63, 3.8) is 0 Å². The van der Waals surface area contributed by atoms with E-state index in [0.717, 1.165) is 4.90 Å². The lowest BCUT2D eigenvalue weighted by Gasteiger charge is -2.17. The van der Waals surface area contributed by atoms with Crippen molar-refractivity contribution in [1.29, 1.82) is 0 Å². The Balaban J connectivity index is 2.22. The molecule has 1 heterocycles. The molecular formula is C12H12F3NO3S. The SMILES string of the molecule is O=C(c1ccccc1SC(F)(F)F)N1CC(O)C(O)C1. The van der Waals surface area contributed by atoms with Crippen molar-refractivity contribution in [3.8, 4) is 0 Å². The molecule has 0 radical (unpaired) electrons. The van der Waals surface area contributed by atoms with Crippen molar-refractivity contribution in [3.05, 3.63) is 29.8 Å². The first kappa shape index (κ1) is 15.1. The van der Waals surface area contributed by atoms with Crippen LogP contribution < -0.4 is 0 Å². The van der Waals surface area contributed by atoms with Crippen LogP contribution in [0.4, 0.5) is 13.2 Å². The van der Waals surface area contributed by atoms with Crippen LogP contribution in [0.5, 0.6) is 0 Å². The molecule has 0 aliphatic carbocycles. The van der Waals surface area contributed by atoms with Crippen LogP contribution in [0.15, 0.2) is 29.2 Å². The molecule has 4 nitrogen and oxygen atoms in total. The molecule has 2 N–H and O–H groups in total.